The van der Waals surface area contributed by atoms with Crippen LogP contribution in [0.15, 0.2) is 59.7 Å². The maximum absolute atomic E-state index is 12.9. The number of H-pyrrole nitrogens is 1. The number of alkyl halides is 3. The van der Waals surface area contributed by atoms with Crippen molar-refractivity contribution < 1.29 is 21.9 Å². The van der Waals surface area contributed by atoms with E-state index in [0.717, 1.165) is 12.3 Å². The maximum Gasteiger partial charge on any atom is 0.417 e. The average molecular weight is 571 g/mol. The number of aromatic nitrogens is 4. The fourth-order valence-electron chi connectivity index (χ4n) is 4.99. The normalized spacial score (nSPS) is 16.0. The van der Waals surface area contributed by atoms with Crippen LogP contribution in [0.25, 0.3) is 10.9 Å². The molecule has 208 valence electrons. The third-order valence-corrected chi connectivity index (χ3v) is 7.62. The summed E-state index contributed by atoms with van der Waals surface area (Å²) < 4.78 is 62.5. The number of halogens is 3. The van der Waals surface area contributed by atoms with E-state index in [9.17, 15) is 32.0 Å². The molecule has 2 N–H and O–H groups in total. The smallest absolute Gasteiger partial charge is 0.417 e. The van der Waals surface area contributed by atoms with Gasteiger partial charge in [0.1, 0.15) is 11.2 Å². The molecule has 40 heavy (non-hydrogen) atoms. The molecule has 0 amide bonds. The van der Waals surface area contributed by atoms with E-state index >= 15 is 0 Å². The first-order valence-corrected chi connectivity index (χ1v) is 13.5. The van der Waals surface area contributed by atoms with E-state index in [2.05, 4.69) is 21.4 Å². The van der Waals surface area contributed by atoms with Crippen LogP contribution in [0, 0.1) is 11.3 Å². The molecule has 1 aliphatic heterocycles. The zero-order valence-electron chi connectivity index (χ0n) is 20.9. The molecule has 1 aliphatic rings. The van der Waals surface area contributed by atoms with Gasteiger partial charge in [-0.05, 0) is 48.7 Å². The Morgan fingerprint density at radius 2 is 1.88 bits per heavy atom. The summed E-state index contributed by atoms with van der Waals surface area (Å²) in [4.78, 5) is 21.4. The number of anilines is 3. The second kappa shape index (κ2) is 10.7. The molecule has 4 heterocycles. The molecule has 0 aliphatic carbocycles. The lowest BCUT2D eigenvalue weighted by Gasteiger charge is -2.41. The first-order valence-electron chi connectivity index (χ1n) is 12.3. The van der Waals surface area contributed by atoms with Gasteiger partial charge >= 0.3 is 6.18 Å². The summed E-state index contributed by atoms with van der Waals surface area (Å²) in [6.07, 6.45) is -1.18. The van der Waals surface area contributed by atoms with Crippen molar-refractivity contribution in [3.05, 3.63) is 76.3 Å². The number of nitriles is 1. The van der Waals surface area contributed by atoms with Crippen LogP contribution in [0.4, 0.5) is 30.5 Å². The van der Waals surface area contributed by atoms with E-state index in [1.165, 1.54) is 12.3 Å². The summed E-state index contributed by atoms with van der Waals surface area (Å²) in [5, 5.41) is 17.9. The lowest BCUT2D eigenvalue weighted by molar-refractivity contribution is -0.137. The molecule has 1 aromatic carbocycles. The number of hydrogen-bond acceptors (Lipinski definition) is 8. The Morgan fingerprint density at radius 3 is 2.48 bits per heavy atom. The highest BCUT2D eigenvalue weighted by molar-refractivity contribution is 7.78. The molecule has 3 aromatic heterocycles. The van der Waals surface area contributed by atoms with E-state index in [0.29, 0.717) is 53.9 Å². The molecular formula is C26H23F3N7O3S-. The number of nitrogens with zero attached hydrogens (tertiary/aromatic N) is 5. The summed E-state index contributed by atoms with van der Waals surface area (Å²) in [7, 11) is 0. The number of piperidine rings is 1. The highest BCUT2D eigenvalue weighted by Gasteiger charge is 2.40. The van der Waals surface area contributed by atoms with Crippen LogP contribution in [0.5, 0.6) is 0 Å². The summed E-state index contributed by atoms with van der Waals surface area (Å²) in [5.41, 5.74) is -0.243. The molecule has 5 rings (SSSR count). The van der Waals surface area contributed by atoms with E-state index in [4.69, 9.17) is 5.10 Å². The largest absolute Gasteiger partial charge is 0.772 e. The number of rotatable bonds is 7. The summed E-state index contributed by atoms with van der Waals surface area (Å²) in [6, 6.07) is 13.0. The predicted molar refractivity (Wildman–Crippen MR) is 142 cm³/mol. The molecule has 10 nitrogen and oxygen atoms in total. The Kier molecular flexibility index (Phi) is 7.35. The number of pyridine rings is 2. The molecule has 0 radical (unpaired) electrons. The van der Waals surface area contributed by atoms with Crippen molar-refractivity contribution in [3.63, 3.8) is 0 Å². The van der Waals surface area contributed by atoms with Crippen molar-refractivity contribution in [1.29, 1.82) is 5.26 Å². The summed E-state index contributed by atoms with van der Waals surface area (Å²) in [5.74, 6) is 0.570. The summed E-state index contributed by atoms with van der Waals surface area (Å²) >= 11 is -2.22. The standard InChI is InChI=1S/C26H24F3N7O3S/c27-26(28,29)18-3-6-21(32-15-18)35-13-9-25(8-11-30,10-14-35)36-20-7-12-31-24(37)22(20)23(34-36)33-19-4-1-17(2-5-19)16-40(38)39/h1-7,12,15H,8-10,13-14,16H2,(H,31,37)(H,33,34)(H,38,39)/p-1. The molecule has 4 aromatic rings. The SMILES string of the molecule is N#CCC1(n2nc(Nc3ccc(CS(=O)[O-])cc3)c3c(=O)[nH]ccc32)CCN(c2ccc(C(F)(F)F)cn2)CC1. The van der Waals surface area contributed by atoms with Crippen molar-refractivity contribution >= 4 is 39.3 Å². The Balaban J connectivity index is 1.45. The lowest BCUT2D eigenvalue weighted by atomic mass is 9.84. The predicted octanol–water partition coefficient (Wildman–Crippen LogP) is 4.17. The second-order valence-corrected chi connectivity index (χ2v) is 10.4. The Morgan fingerprint density at radius 1 is 1.15 bits per heavy atom. The topological polar surface area (TPSA) is 143 Å². The van der Waals surface area contributed by atoms with Gasteiger partial charge in [0.15, 0.2) is 5.82 Å². The van der Waals surface area contributed by atoms with Gasteiger partial charge < -0.3 is 19.8 Å². The zero-order valence-corrected chi connectivity index (χ0v) is 21.8. The number of aromatic amines is 1. The van der Waals surface area contributed by atoms with Gasteiger partial charge in [0.2, 0.25) is 0 Å². The van der Waals surface area contributed by atoms with Crippen LogP contribution in [0.1, 0.15) is 30.4 Å². The van der Waals surface area contributed by atoms with Crippen molar-refractivity contribution in [3.8, 4) is 6.07 Å². The molecule has 1 unspecified atom stereocenters. The molecular weight excluding hydrogens is 547 g/mol. The Hall–Kier alpha value is -4.22. The van der Waals surface area contributed by atoms with Gasteiger partial charge in [-0.15, -0.1) is 0 Å². The Labute approximate surface area is 228 Å². The van der Waals surface area contributed by atoms with Crippen molar-refractivity contribution in [1.82, 2.24) is 19.7 Å². The number of fused-ring (bicyclic) bond motifs is 1. The minimum Gasteiger partial charge on any atom is -0.772 e. The van der Waals surface area contributed by atoms with Gasteiger partial charge in [-0.25, -0.2) is 4.98 Å². The minimum atomic E-state index is -4.47. The number of nitrogens with one attached hydrogen (secondary N) is 2. The third kappa shape index (κ3) is 5.43. The third-order valence-electron chi connectivity index (χ3n) is 7.06. The molecule has 1 saturated heterocycles. The quantitative estimate of drug-likeness (QED) is 0.315. The van der Waals surface area contributed by atoms with Crippen LogP contribution >= 0.6 is 0 Å². The van der Waals surface area contributed by atoms with Gasteiger partial charge in [0.25, 0.3) is 5.56 Å². The van der Waals surface area contributed by atoms with Gasteiger partial charge in [0, 0.05) is 36.9 Å². The van der Waals surface area contributed by atoms with Crippen molar-refractivity contribution in [2.75, 3.05) is 23.3 Å². The molecule has 0 bridgehead atoms. The van der Waals surface area contributed by atoms with Crippen LogP contribution < -0.4 is 15.8 Å². The van der Waals surface area contributed by atoms with Gasteiger partial charge in [-0.2, -0.15) is 23.5 Å². The van der Waals surface area contributed by atoms with Crippen LogP contribution in [0.3, 0.4) is 0 Å². The first kappa shape index (κ1) is 27.4. The van der Waals surface area contributed by atoms with Crippen molar-refractivity contribution in [2.45, 2.75) is 36.7 Å². The highest BCUT2D eigenvalue weighted by Crippen LogP contribution is 2.38. The maximum atomic E-state index is 12.9. The monoisotopic (exact) mass is 570 g/mol. The zero-order chi connectivity index (χ0) is 28.5. The number of hydrogen-bond donors (Lipinski definition) is 2. The fourth-order valence-corrected chi connectivity index (χ4v) is 5.45. The van der Waals surface area contributed by atoms with Gasteiger partial charge in [-0.3, -0.25) is 13.7 Å². The first-order chi connectivity index (χ1) is 19.1. The molecule has 1 fully saturated rings. The van der Waals surface area contributed by atoms with E-state index < -0.39 is 28.4 Å². The Bertz CT molecular complexity index is 1640. The van der Waals surface area contributed by atoms with Gasteiger partial charge in [-0.1, -0.05) is 23.2 Å². The van der Waals surface area contributed by atoms with Crippen LogP contribution in [0.2, 0.25) is 0 Å². The van der Waals surface area contributed by atoms with Crippen LogP contribution in [-0.4, -0.2) is 41.6 Å². The average Bonchev–Trinajstić information content (AvgIpc) is 3.30. The van der Waals surface area contributed by atoms with E-state index in [-0.39, 0.29) is 23.6 Å². The molecule has 1 atom stereocenters. The van der Waals surface area contributed by atoms with E-state index in [1.807, 2.05) is 4.90 Å². The minimum absolute atomic E-state index is 0.103. The molecule has 0 saturated carbocycles. The highest BCUT2D eigenvalue weighted by atomic mass is 32.2. The molecule has 14 heteroatoms. The fraction of sp³-hybridized carbons (Fsp3) is 0.308. The second-order valence-electron chi connectivity index (χ2n) is 9.55. The number of benzene rings is 1. The summed E-state index contributed by atoms with van der Waals surface area (Å²) in [6.45, 7) is 0.825. The van der Waals surface area contributed by atoms with E-state index in [1.54, 1.807) is 35.0 Å². The van der Waals surface area contributed by atoms with Crippen LogP contribution in [-0.2, 0) is 28.5 Å². The van der Waals surface area contributed by atoms with Gasteiger partial charge in [0.05, 0.1) is 29.1 Å². The molecule has 0 spiro atoms. The van der Waals surface area contributed by atoms with Crippen molar-refractivity contribution in [2.24, 2.45) is 0 Å². The lowest BCUT2D eigenvalue weighted by Crippen LogP contribution is -2.47.